The first-order valence-electron chi connectivity index (χ1n) is 8.53. The maximum Gasteiger partial charge on any atom is 0.356 e. The fourth-order valence-corrected chi connectivity index (χ4v) is 3.29. The van der Waals surface area contributed by atoms with E-state index in [-0.39, 0.29) is 23.6 Å². The van der Waals surface area contributed by atoms with Gasteiger partial charge in [-0.2, -0.15) is 5.10 Å². The van der Waals surface area contributed by atoms with Gasteiger partial charge in [-0.15, -0.1) is 0 Å². The van der Waals surface area contributed by atoms with Crippen LogP contribution in [0.3, 0.4) is 0 Å². The minimum atomic E-state index is -1.08. The number of amides is 1. The number of carbonyl (C=O) groups excluding carboxylic acids is 1. The van der Waals surface area contributed by atoms with Crippen LogP contribution in [0.1, 0.15) is 48.9 Å². The average Bonchev–Trinajstić information content (AvgIpc) is 2.93. The summed E-state index contributed by atoms with van der Waals surface area (Å²) in [5.74, 6) is -1.04. The Kier molecular flexibility index (Phi) is 4.80. The maximum atomic E-state index is 12.6. The van der Waals surface area contributed by atoms with Gasteiger partial charge in [-0.05, 0) is 29.7 Å². The molecule has 2 aromatic rings. The second-order valence-corrected chi connectivity index (χ2v) is 8.21. The molecule has 1 aliphatic heterocycles. The van der Waals surface area contributed by atoms with Crippen LogP contribution in [-0.4, -0.2) is 38.2 Å². The van der Waals surface area contributed by atoms with E-state index >= 15 is 0 Å². The second kappa shape index (κ2) is 6.76. The topological polar surface area (TPSA) is 75.4 Å². The number of rotatable bonds is 3. The van der Waals surface area contributed by atoms with Gasteiger partial charge in [-0.1, -0.05) is 32.4 Å². The molecule has 1 N–H and O–H groups in total. The lowest BCUT2D eigenvalue weighted by Gasteiger charge is -2.30. The molecular weight excluding hydrogens is 354 g/mol. The number of carboxylic acids is 1. The molecule has 3 rings (SSSR count). The number of benzene rings is 1. The number of aromatic carboxylic acids is 1. The molecule has 2 heterocycles. The largest absolute Gasteiger partial charge is 0.476 e. The maximum absolute atomic E-state index is 12.6. The van der Waals surface area contributed by atoms with Crippen LogP contribution < -0.4 is 0 Å². The number of halogens is 1. The first-order valence-corrected chi connectivity index (χ1v) is 8.91. The lowest BCUT2D eigenvalue weighted by molar-refractivity contribution is -0.134. The zero-order valence-corrected chi connectivity index (χ0v) is 15.9. The van der Waals surface area contributed by atoms with Crippen LogP contribution in [0.15, 0.2) is 24.3 Å². The highest BCUT2D eigenvalue weighted by molar-refractivity contribution is 6.30. The van der Waals surface area contributed by atoms with E-state index in [1.165, 1.54) is 0 Å². The number of aromatic nitrogens is 2. The molecule has 0 spiro atoms. The third-order valence-corrected chi connectivity index (χ3v) is 4.62. The van der Waals surface area contributed by atoms with Crippen LogP contribution in [0.2, 0.25) is 5.02 Å². The first kappa shape index (κ1) is 18.5. The first-order chi connectivity index (χ1) is 12.2. The van der Waals surface area contributed by atoms with Gasteiger partial charge in [-0.3, -0.25) is 4.79 Å². The van der Waals surface area contributed by atoms with Crippen molar-refractivity contribution in [3.8, 4) is 5.69 Å². The molecule has 138 valence electrons. The third kappa shape index (κ3) is 3.75. The van der Waals surface area contributed by atoms with E-state index in [2.05, 4.69) is 5.10 Å². The molecule has 1 aliphatic rings. The molecule has 0 saturated heterocycles. The standard InChI is InChI=1S/C19H22ClN3O3/c1-19(2,3)10-16(24)22-9-8-15-14(11-22)17(18(25)26)21-23(15)13-6-4-12(20)5-7-13/h4-7H,8-11H2,1-3H3,(H,25,26). The molecule has 0 unspecified atom stereocenters. The molecule has 1 aromatic carbocycles. The van der Waals surface area contributed by atoms with Crippen molar-refractivity contribution in [2.75, 3.05) is 6.54 Å². The molecule has 0 fully saturated rings. The number of fused-ring (bicyclic) bond motifs is 1. The molecule has 0 saturated carbocycles. The monoisotopic (exact) mass is 375 g/mol. The van der Waals surface area contributed by atoms with Crippen LogP contribution in [-0.2, 0) is 17.8 Å². The highest BCUT2D eigenvalue weighted by Crippen LogP contribution is 2.28. The van der Waals surface area contributed by atoms with Crippen molar-refractivity contribution >= 4 is 23.5 Å². The molecule has 26 heavy (non-hydrogen) atoms. The van der Waals surface area contributed by atoms with Gasteiger partial charge in [0.05, 0.1) is 11.4 Å². The molecule has 7 heteroatoms. The molecule has 1 amide bonds. The Morgan fingerprint density at radius 1 is 1.23 bits per heavy atom. The van der Waals surface area contributed by atoms with Crippen molar-refractivity contribution < 1.29 is 14.7 Å². The summed E-state index contributed by atoms with van der Waals surface area (Å²) in [6.45, 7) is 6.88. The predicted molar refractivity (Wildman–Crippen MR) is 98.7 cm³/mol. The number of carbonyl (C=O) groups is 2. The summed E-state index contributed by atoms with van der Waals surface area (Å²) < 4.78 is 1.65. The Hall–Kier alpha value is -2.34. The summed E-state index contributed by atoms with van der Waals surface area (Å²) >= 11 is 5.94. The van der Waals surface area contributed by atoms with Gasteiger partial charge in [-0.25, -0.2) is 9.48 Å². The Morgan fingerprint density at radius 2 is 1.88 bits per heavy atom. The molecule has 0 bridgehead atoms. The predicted octanol–water partition coefficient (Wildman–Crippen LogP) is 3.54. The smallest absolute Gasteiger partial charge is 0.356 e. The number of nitrogens with zero attached hydrogens (tertiary/aromatic N) is 3. The van der Waals surface area contributed by atoms with E-state index in [1.807, 2.05) is 20.8 Å². The Labute approximate surface area is 157 Å². The summed E-state index contributed by atoms with van der Waals surface area (Å²) in [4.78, 5) is 26.0. The van der Waals surface area contributed by atoms with Gasteiger partial charge >= 0.3 is 5.97 Å². The molecule has 0 atom stereocenters. The minimum Gasteiger partial charge on any atom is -0.476 e. The minimum absolute atomic E-state index is 0.00297. The molecule has 1 aromatic heterocycles. The van der Waals surface area contributed by atoms with E-state index in [0.717, 1.165) is 11.4 Å². The molecule has 0 radical (unpaired) electrons. The van der Waals surface area contributed by atoms with Gasteiger partial charge < -0.3 is 10.0 Å². The van der Waals surface area contributed by atoms with E-state index in [9.17, 15) is 14.7 Å². The Bertz CT molecular complexity index is 850. The highest BCUT2D eigenvalue weighted by atomic mass is 35.5. The number of hydrogen-bond donors (Lipinski definition) is 1. The van der Waals surface area contributed by atoms with Crippen molar-refractivity contribution in [1.82, 2.24) is 14.7 Å². The summed E-state index contributed by atoms with van der Waals surface area (Å²) in [5.41, 5.74) is 2.10. The lowest BCUT2D eigenvalue weighted by atomic mass is 9.91. The van der Waals surface area contributed by atoms with Gasteiger partial charge in [0.25, 0.3) is 0 Å². The van der Waals surface area contributed by atoms with Crippen LogP contribution in [0.4, 0.5) is 0 Å². The Morgan fingerprint density at radius 3 is 2.46 bits per heavy atom. The molecule has 6 nitrogen and oxygen atoms in total. The van der Waals surface area contributed by atoms with Crippen molar-refractivity contribution in [1.29, 1.82) is 0 Å². The summed E-state index contributed by atoms with van der Waals surface area (Å²) in [5, 5.41) is 14.5. The van der Waals surface area contributed by atoms with Crippen LogP contribution in [0.5, 0.6) is 0 Å². The summed E-state index contributed by atoms with van der Waals surface area (Å²) in [6.07, 6.45) is 0.990. The second-order valence-electron chi connectivity index (χ2n) is 7.77. The zero-order valence-electron chi connectivity index (χ0n) is 15.1. The van der Waals surface area contributed by atoms with E-state index in [1.54, 1.807) is 33.8 Å². The van der Waals surface area contributed by atoms with Crippen LogP contribution in [0, 0.1) is 5.41 Å². The highest BCUT2D eigenvalue weighted by Gasteiger charge is 2.31. The van der Waals surface area contributed by atoms with Crippen molar-refractivity contribution in [3.63, 3.8) is 0 Å². The van der Waals surface area contributed by atoms with Gasteiger partial charge in [0.1, 0.15) is 0 Å². The van der Waals surface area contributed by atoms with Crippen molar-refractivity contribution in [2.45, 2.75) is 40.2 Å². The normalized spacial score (nSPS) is 14.2. The van der Waals surface area contributed by atoms with Crippen molar-refractivity contribution in [2.24, 2.45) is 5.41 Å². The summed E-state index contributed by atoms with van der Waals surface area (Å²) in [7, 11) is 0. The van der Waals surface area contributed by atoms with Gasteiger partial charge in [0, 0.05) is 36.5 Å². The van der Waals surface area contributed by atoms with E-state index < -0.39 is 5.97 Å². The quantitative estimate of drug-likeness (QED) is 0.890. The van der Waals surface area contributed by atoms with Gasteiger partial charge in [0.15, 0.2) is 5.69 Å². The van der Waals surface area contributed by atoms with Crippen LogP contribution in [0.25, 0.3) is 5.69 Å². The molecule has 0 aliphatic carbocycles. The number of hydrogen-bond acceptors (Lipinski definition) is 3. The Balaban J connectivity index is 1.96. The van der Waals surface area contributed by atoms with E-state index in [0.29, 0.717) is 30.0 Å². The number of carboxylic acid groups (broad SMARTS) is 1. The SMILES string of the molecule is CC(C)(C)CC(=O)N1CCc2c(c(C(=O)O)nn2-c2ccc(Cl)cc2)C1. The fraction of sp³-hybridized carbons (Fsp3) is 0.421. The van der Waals surface area contributed by atoms with E-state index in [4.69, 9.17) is 11.6 Å². The average molecular weight is 376 g/mol. The lowest BCUT2D eigenvalue weighted by Crippen LogP contribution is -2.38. The third-order valence-electron chi connectivity index (χ3n) is 4.37. The summed E-state index contributed by atoms with van der Waals surface area (Å²) in [6, 6.07) is 7.09. The van der Waals surface area contributed by atoms with Crippen LogP contribution >= 0.6 is 11.6 Å². The van der Waals surface area contributed by atoms with Gasteiger partial charge in [0.2, 0.25) is 5.91 Å². The molecular formula is C19H22ClN3O3. The fourth-order valence-electron chi connectivity index (χ4n) is 3.17. The zero-order chi connectivity index (χ0) is 19.1. The van der Waals surface area contributed by atoms with Crippen molar-refractivity contribution in [3.05, 3.63) is 46.2 Å².